The number of methoxy groups -OCH3 is 2. The molecule has 3 amide bonds. The zero-order valence-corrected chi connectivity index (χ0v) is 26.3. The molecule has 0 saturated carbocycles. The summed E-state index contributed by atoms with van der Waals surface area (Å²) < 4.78 is 23.4. The Labute approximate surface area is 268 Å². The van der Waals surface area contributed by atoms with Crippen LogP contribution >= 0.6 is 0 Å². The van der Waals surface area contributed by atoms with Crippen LogP contribution < -0.4 is 20.5 Å². The molecule has 6 rings (SSSR count). The molecular formula is C34H41N5O7. The molecule has 0 aliphatic carbocycles. The zero-order valence-electron chi connectivity index (χ0n) is 26.3. The fourth-order valence-electron chi connectivity index (χ4n) is 5.68. The predicted octanol–water partition coefficient (Wildman–Crippen LogP) is 3.19. The summed E-state index contributed by atoms with van der Waals surface area (Å²) in [5.74, 6) is 1.37. The third kappa shape index (κ3) is 8.52. The van der Waals surface area contributed by atoms with Crippen LogP contribution in [0.3, 0.4) is 0 Å². The van der Waals surface area contributed by atoms with Crippen molar-refractivity contribution >= 4 is 23.5 Å². The quantitative estimate of drug-likeness (QED) is 0.392. The number of hydrogen-bond acceptors (Lipinski definition) is 9. The van der Waals surface area contributed by atoms with Crippen LogP contribution in [-0.4, -0.2) is 91.7 Å². The molecule has 1 aromatic heterocycles. The number of piperidine rings is 1. The van der Waals surface area contributed by atoms with Crippen LogP contribution in [0.1, 0.15) is 40.7 Å². The topological polar surface area (TPSA) is 146 Å². The van der Waals surface area contributed by atoms with Crippen molar-refractivity contribution in [1.82, 2.24) is 20.1 Å². The van der Waals surface area contributed by atoms with Crippen LogP contribution in [0.15, 0.2) is 60.8 Å². The van der Waals surface area contributed by atoms with Crippen molar-refractivity contribution in [2.24, 2.45) is 0 Å². The number of pyridine rings is 1. The molecule has 1 fully saturated rings. The van der Waals surface area contributed by atoms with E-state index in [-0.39, 0.29) is 49.9 Å². The molecular weight excluding hydrogens is 590 g/mol. The van der Waals surface area contributed by atoms with Gasteiger partial charge in [0.25, 0.3) is 5.91 Å². The third-order valence-electron chi connectivity index (χ3n) is 8.13. The van der Waals surface area contributed by atoms with E-state index in [4.69, 9.17) is 24.7 Å². The number of carbonyl (C=O) groups is 3. The van der Waals surface area contributed by atoms with E-state index in [0.29, 0.717) is 67.6 Å². The fraction of sp³-hybridized carbons (Fsp3) is 0.412. The van der Waals surface area contributed by atoms with E-state index >= 15 is 0 Å². The Bertz CT molecular complexity index is 1520. The van der Waals surface area contributed by atoms with E-state index in [1.54, 1.807) is 36.2 Å². The Hall–Kier alpha value is -4.68. The molecule has 1 saturated heterocycles. The molecule has 244 valence electrons. The van der Waals surface area contributed by atoms with Gasteiger partial charge in [0.05, 0.1) is 38.0 Å². The predicted molar refractivity (Wildman–Crippen MR) is 171 cm³/mol. The second-order valence-electron chi connectivity index (χ2n) is 11.4. The molecule has 3 N–H and O–H groups in total. The number of anilines is 1. The Morgan fingerprint density at radius 1 is 1.09 bits per heavy atom. The van der Waals surface area contributed by atoms with Gasteiger partial charge in [0.15, 0.2) is 11.5 Å². The molecule has 46 heavy (non-hydrogen) atoms. The molecule has 4 heterocycles. The highest BCUT2D eigenvalue weighted by atomic mass is 16.5. The number of likely N-dealkylation sites (tertiary alicyclic amines) is 1. The Morgan fingerprint density at radius 2 is 1.96 bits per heavy atom. The maximum Gasteiger partial charge on any atom is 0.255 e. The highest BCUT2D eigenvalue weighted by Crippen LogP contribution is 2.33. The molecule has 12 heteroatoms. The molecule has 2 atom stereocenters. The average Bonchev–Trinajstić information content (AvgIpc) is 3.06. The number of fused-ring (bicyclic) bond motifs is 9. The normalized spacial score (nSPS) is 19.3. The molecule has 3 aliphatic heterocycles. The number of amides is 3. The molecule has 0 spiro atoms. The standard InChI is InChI=1S/C34H41N5O7/c1-43-16-4-14-38-21-32(40)37-27-20-39(34(42)25-9-11-31(35)36-19-25)15-13-28(27)45-22-24-5-3-6-26(17-24)46-29-10-7-23(8-12-33(38)41)18-30(29)44-2/h3,5-7,9-11,17-19,27-28H,4,8,12-16,20-22H2,1-2H3,(H2,35,36)(H,37,40)/t27-,28+/m0/s1. The fourth-order valence-corrected chi connectivity index (χ4v) is 5.68. The number of benzene rings is 2. The number of hydrogen-bond donors (Lipinski definition) is 2. The van der Waals surface area contributed by atoms with E-state index in [1.165, 1.54) is 6.20 Å². The molecule has 3 aliphatic rings. The Morgan fingerprint density at radius 3 is 2.74 bits per heavy atom. The number of nitrogen functional groups attached to an aromatic ring is 1. The first-order valence-electron chi connectivity index (χ1n) is 15.4. The monoisotopic (exact) mass is 631 g/mol. The lowest BCUT2D eigenvalue weighted by atomic mass is 10.0. The van der Waals surface area contributed by atoms with Gasteiger partial charge in [-0.05, 0) is 66.8 Å². The lowest BCUT2D eigenvalue weighted by Crippen LogP contribution is -2.58. The summed E-state index contributed by atoms with van der Waals surface area (Å²) in [6.07, 6.45) is 2.82. The number of aryl methyl sites for hydroxylation is 1. The second-order valence-corrected chi connectivity index (χ2v) is 11.4. The summed E-state index contributed by atoms with van der Waals surface area (Å²) in [5.41, 5.74) is 7.91. The zero-order chi connectivity index (χ0) is 32.5. The van der Waals surface area contributed by atoms with E-state index < -0.39 is 6.04 Å². The van der Waals surface area contributed by atoms with Gasteiger partial charge >= 0.3 is 0 Å². The van der Waals surface area contributed by atoms with Crippen molar-refractivity contribution in [3.05, 3.63) is 77.5 Å². The van der Waals surface area contributed by atoms with Gasteiger partial charge in [-0.3, -0.25) is 14.4 Å². The van der Waals surface area contributed by atoms with Crippen LogP contribution in [0.4, 0.5) is 5.82 Å². The van der Waals surface area contributed by atoms with Crippen LogP contribution in [-0.2, 0) is 32.1 Å². The van der Waals surface area contributed by atoms with Gasteiger partial charge in [0.1, 0.15) is 11.6 Å². The summed E-state index contributed by atoms with van der Waals surface area (Å²) in [5, 5.41) is 3.08. The maximum atomic E-state index is 13.5. The largest absolute Gasteiger partial charge is 0.493 e. The Kier molecular flexibility index (Phi) is 11.1. The summed E-state index contributed by atoms with van der Waals surface area (Å²) in [6.45, 7) is 1.63. The van der Waals surface area contributed by atoms with E-state index in [0.717, 1.165) is 11.1 Å². The van der Waals surface area contributed by atoms with Gasteiger partial charge in [-0.15, -0.1) is 0 Å². The van der Waals surface area contributed by atoms with Gasteiger partial charge < -0.3 is 39.8 Å². The molecule has 0 unspecified atom stereocenters. The van der Waals surface area contributed by atoms with Crippen molar-refractivity contribution in [1.29, 1.82) is 0 Å². The van der Waals surface area contributed by atoms with Crippen molar-refractivity contribution < 1.29 is 33.3 Å². The summed E-state index contributed by atoms with van der Waals surface area (Å²) in [6, 6.07) is 15.9. The van der Waals surface area contributed by atoms with Crippen LogP contribution in [0.25, 0.3) is 0 Å². The first kappa shape index (κ1) is 32.7. The van der Waals surface area contributed by atoms with E-state index in [1.807, 2.05) is 42.5 Å². The minimum Gasteiger partial charge on any atom is -0.493 e. The number of ether oxygens (including phenoxy) is 4. The number of nitrogens with two attached hydrogens (primary N) is 1. The smallest absolute Gasteiger partial charge is 0.255 e. The van der Waals surface area contributed by atoms with E-state index in [2.05, 4.69) is 10.3 Å². The van der Waals surface area contributed by atoms with Gasteiger partial charge in [-0.2, -0.15) is 0 Å². The molecule has 2 aromatic carbocycles. The van der Waals surface area contributed by atoms with Crippen molar-refractivity contribution in [2.75, 3.05) is 52.7 Å². The number of nitrogens with one attached hydrogen (secondary N) is 1. The maximum absolute atomic E-state index is 13.5. The minimum absolute atomic E-state index is 0.125. The summed E-state index contributed by atoms with van der Waals surface area (Å²) in [7, 11) is 3.18. The van der Waals surface area contributed by atoms with Gasteiger partial charge in [0.2, 0.25) is 11.8 Å². The highest BCUT2D eigenvalue weighted by Gasteiger charge is 2.34. The van der Waals surface area contributed by atoms with Gasteiger partial charge in [0, 0.05) is 46.0 Å². The second kappa shape index (κ2) is 15.5. The number of carbonyl (C=O) groups excluding carboxylic acids is 3. The van der Waals surface area contributed by atoms with Crippen molar-refractivity contribution in [3.63, 3.8) is 0 Å². The van der Waals surface area contributed by atoms with Crippen molar-refractivity contribution in [2.45, 2.75) is 44.4 Å². The van der Waals surface area contributed by atoms with Crippen LogP contribution in [0.2, 0.25) is 0 Å². The van der Waals surface area contributed by atoms with Gasteiger partial charge in [-0.1, -0.05) is 18.2 Å². The lowest BCUT2D eigenvalue weighted by molar-refractivity contribution is -0.137. The molecule has 0 radical (unpaired) electrons. The van der Waals surface area contributed by atoms with Crippen molar-refractivity contribution in [3.8, 4) is 17.2 Å². The molecule has 4 bridgehead atoms. The first-order chi connectivity index (χ1) is 22.3. The molecule has 3 aromatic rings. The van der Waals surface area contributed by atoms with Crippen LogP contribution in [0.5, 0.6) is 17.2 Å². The highest BCUT2D eigenvalue weighted by molar-refractivity contribution is 5.94. The number of nitrogens with zero attached hydrogens (tertiary/aromatic N) is 3. The average molecular weight is 632 g/mol. The summed E-state index contributed by atoms with van der Waals surface area (Å²) >= 11 is 0. The van der Waals surface area contributed by atoms with E-state index in [9.17, 15) is 14.4 Å². The first-order valence-corrected chi connectivity index (χ1v) is 15.4. The Balaban J connectivity index is 1.41. The van der Waals surface area contributed by atoms with Gasteiger partial charge in [-0.25, -0.2) is 4.98 Å². The SMILES string of the molecule is COCCCN1CC(=O)N[C@H]2CN(C(=O)c3ccc(N)nc3)CC[C@H]2OCc2cccc(c2)Oc2ccc(cc2OC)CCC1=O. The summed E-state index contributed by atoms with van der Waals surface area (Å²) in [4.78, 5) is 47.6. The lowest BCUT2D eigenvalue weighted by Gasteiger charge is -2.39. The van der Waals surface area contributed by atoms with Crippen LogP contribution in [0, 0.1) is 0 Å². The number of rotatable bonds is 6. The number of aromatic nitrogens is 1. The third-order valence-corrected chi connectivity index (χ3v) is 8.13. The molecule has 12 nitrogen and oxygen atoms in total. The minimum atomic E-state index is -0.510.